The van der Waals surface area contributed by atoms with Crippen molar-refractivity contribution in [1.82, 2.24) is 0 Å². The second-order valence-corrected chi connectivity index (χ2v) is 19.9. The Kier molecular flexibility index (Phi) is 9.83. The molecule has 2 nitrogen and oxygen atoms in total. The van der Waals surface area contributed by atoms with Crippen LogP contribution in [-0.4, -0.2) is 0 Å². The number of nitrogens with zero attached hydrogens (tertiary/aromatic N) is 1. The molecule has 0 saturated heterocycles. The van der Waals surface area contributed by atoms with Crippen molar-refractivity contribution in [2.75, 3.05) is 4.90 Å². The average molecular weight is 954 g/mol. The number of rotatable bonds is 8. The van der Waals surface area contributed by atoms with E-state index in [-0.39, 0.29) is 0 Å². The average Bonchev–Trinajstić information content (AvgIpc) is 4.20. The molecule has 1 aromatic heterocycles. The SMILES string of the molecule is c1ccc(-c2ccc(-c3ccc4c(c3)-c3ccc(-c5cc6c(oc7cccc(N(c8ccc9ccccc9c8)c8ccc9ccccc9c8)c76)c6ccccc56)cc3C4(c3ccccc3)c3ccccc3)cc2)cc1. The quantitative estimate of drug-likeness (QED) is 0.151. The Morgan fingerprint density at radius 2 is 0.827 bits per heavy atom. The fourth-order valence-corrected chi connectivity index (χ4v) is 12.4. The van der Waals surface area contributed by atoms with E-state index in [9.17, 15) is 0 Å². The molecular formula is C73H47NO. The summed E-state index contributed by atoms with van der Waals surface area (Å²) < 4.78 is 7.07. The molecule has 0 atom stereocenters. The van der Waals surface area contributed by atoms with E-state index in [4.69, 9.17) is 4.42 Å². The van der Waals surface area contributed by atoms with E-state index in [2.05, 4.69) is 290 Å². The van der Waals surface area contributed by atoms with Gasteiger partial charge in [-0.1, -0.05) is 231 Å². The third-order valence-electron chi connectivity index (χ3n) is 15.9. The summed E-state index contributed by atoms with van der Waals surface area (Å²) in [7, 11) is 0. The Morgan fingerprint density at radius 1 is 0.293 bits per heavy atom. The van der Waals surface area contributed by atoms with Gasteiger partial charge < -0.3 is 9.32 Å². The van der Waals surface area contributed by atoms with Crippen LogP contribution in [0.25, 0.3) is 98.8 Å². The molecule has 1 aliphatic carbocycles. The van der Waals surface area contributed by atoms with Gasteiger partial charge in [-0.25, -0.2) is 0 Å². The third kappa shape index (κ3) is 6.80. The van der Waals surface area contributed by atoms with Gasteiger partial charge in [0.25, 0.3) is 0 Å². The molecule has 15 rings (SSSR count). The number of hydrogen-bond donors (Lipinski definition) is 0. The topological polar surface area (TPSA) is 16.4 Å². The zero-order chi connectivity index (χ0) is 49.5. The van der Waals surface area contributed by atoms with Crippen LogP contribution >= 0.6 is 0 Å². The van der Waals surface area contributed by atoms with Crippen molar-refractivity contribution in [2.45, 2.75) is 5.41 Å². The molecule has 1 heterocycles. The largest absolute Gasteiger partial charge is 0.455 e. The van der Waals surface area contributed by atoms with Crippen molar-refractivity contribution < 1.29 is 4.42 Å². The molecule has 0 amide bonds. The summed E-state index contributed by atoms with van der Waals surface area (Å²) in [6.45, 7) is 0. The molecule has 0 aliphatic heterocycles. The Bertz CT molecular complexity index is 4400. The minimum Gasteiger partial charge on any atom is -0.455 e. The van der Waals surface area contributed by atoms with Crippen molar-refractivity contribution in [3.05, 3.63) is 307 Å². The van der Waals surface area contributed by atoms with E-state index in [1.165, 1.54) is 77.2 Å². The lowest BCUT2D eigenvalue weighted by atomic mass is 9.67. The molecule has 0 N–H and O–H groups in total. The van der Waals surface area contributed by atoms with Crippen molar-refractivity contribution in [3.63, 3.8) is 0 Å². The van der Waals surface area contributed by atoms with Crippen LogP contribution in [0.15, 0.2) is 290 Å². The summed E-state index contributed by atoms with van der Waals surface area (Å²) in [5.41, 5.74) is 19.0. The Morgan fingerprint density at radius 3 is 1.48 bits per heavy atom. The van der Waals surface area contributed by atoms with Crippen LogP contribution in [0.3, 0.4) is 0 Å². The third-order valence-corrected chi connectivity index (χ3v) is 15.9. The Labute approximate surface area is 435 Å². The fourth-order valence-electron chi connectivity index (χ4n) is 12.4. The van der Waals surface area contributed by atoms with E-state index in [0.29, 0.717) is 0 Å². The summed E-state index contributed by atoms with van der Waals surface area (Å²) in [6.07, 6.45) is 0. The van der Waals surface area contributed by atoms with Crippen molar-refractivity contribution in [3.8, 4) is 44.5 Å². The van der Waals surface area contributed by atoms with Gasteiger partial charge in [0, 0.05) is 22.1 Å². The molecule has 13 aromatic carbocycles. The predicted octanol–water partition coefficient (Wildman–Crippen LogP) is 19.9. The normalized spacial score (nSPS) is 12.6. The monoisotopic (exact) mass is 953 g/mol. The molecule has 350 valence electrons. The van der Waals surface area contributed by atoms with Crippen LogP contribution in [0.4, 0.5) is 17.1 Å². The maximum Gasteiger partial charge on any atom is 0.143 e. The van der Waals surface area contributed by atoms with Crippen LogP contribution in [0.1, 0.15) is 22.3 Å². The first kappa shape index (κ1) is 42.9. The molecule has 14 aromatic rings. The molecule has 2 heteroatoms. The lowest BCUT2D eigenvalue weighted by Gasteiger charge is -2.34. The highest BCUT2D eigenvalue weighted by atomic mass is 16.3. The van der Waals surface area contributed by atoms with E-state index >= 15 is 0 Å². The van der Waals surface area contributed by atoms with Crippen LogP contribution in [0, 0.1) is 0 Å². The number of anilines is 3. The maximum atomic E-state index is 7.07. The minimum atomic E-state index is -0.589. The molecule has 0 bridgehead atoms. The molecule has 0 unspecified atom stereocenters. The molecular weight excluding hydrogens is 907 g/mol. The van der Waals surface area contributed by atoms with Crippen LogP contribution in [0.2, 0.25) is 0 Å². The lowest BCUT2D eigenvalue weighted by molar-refractivity contribution is 0.672. The van der Waals surface area contributed by atoms with Crippen molar-refractivity contribution in [1.29, 1.82) is 0 Å². The van der Waals surface area contributed by atoms with Gasteiger partial charge in [-0.2, -0.15) is 0 Å². The first-order chi connectivity index (χ1) is 37.2. The molecule has 1 aliphatic rings. The van der Waals surface area contributed by atoms with Crippen molar-refractivity contribution >= 4 is 71.3 Å². The fraction of sp³-hybridized carbons (Fsp3) is 0.0137. The first-order valence-electron chi connectivity index (χ1n) is 25.9. The van der Waals surface area contributed by atoms with Gasteiger partial charge in [-0.05, 0) is 148 Å². The van der Waals surface area contributed by atoms with E-state index in [1.807, 2.05) is 0 Å². The van der Waals surface area contributed by atoms with Gasteiger partial charge in [0.2, 0.25) is 0 Å². The van der Waals surface area contributed by atoms with Crippen LogP contribution in [-0.2, 0) is 5.41 Å². The number of fused-ring (bicyclic) bond motifs is 10. The zero-order valence-electron chi connectivity index (χ0n) is 41.0. The van der Waals surface area contributed by atoms with Gasteiger partial charge in [-0.3, -0.25) is 0 Å². The summed E-state index contributed by atoms with van der Waals surface area (Å²) in [5.74, 6) is 0. The number of benzene rings is 13. The smallest absolute Gasteiger partial charge is 0.143 e. The summed E-state index contributed by atoms with van der Waals surface area (Å²) in [6, 6.07) is 105. The summed E-state index contributed by atoms with van der Waals surface area (Å²) >= 11 is 0. The number of furan rings is 1. The maximum absolute atomic E-state index is 7.07. The summed E-state index contributed by atoms with van der Waals surface area (Å²) in [5, 5.41) is 9.16. The summed E-state index contributed by atoms with van der Waals surface area (Å²) in [4.78, 5) is 2.41. The highest BCUT2D eigenvalue weighted by Crippen LogP contribution is 2.58. The molecule has 75 heavy (non-hydrogen) atoms. The van der Waals surface area contributed by atoms with Gasteiger partial charge in [0.05, 0.1) is 16.5 Å². The number of hydrogen-bond acceptors (Lipinski definition) is 2. The molecule has 0 radical (unpaired) electrons. The molecule has 0 fully saturated rings. The molecule has 0 spiro atoms. The predicted molar refractivity (Wildman–Crippen MR) is 315 cm³/mol. The van der Waals surface area contributed by atoms with Crippen LogP contribution in [0.5, 0.6) is 0 Å². The first-order valence-corrected chi connectivity index (χ1v) is 25.9. The van der Waals surface area contributed by atoms with Gasteiger partial charge in [0.15, 0.2) is 0 Å². The van der Waals surface area contributed by atoms with Crippen molar-refractivity contribution in [2.24, 2.45) is 0 Å². The second-order valence-electron chi connectivity index (χ2n) is 19.9. The highest BCUT2D eigenvalue weighted by molar-refractivity contribution is 6.23. The van der Waals surface area contributed by atoms with Crippen LogP contribution < -0.4 is 4.90 Å². The van der Waals surface area contributed by atoms with Gasteiger partial charge in [0.1, 0.15) is 11.2 Å². The Balaban J connectivity index is 0.960. The van der Waals surface area contributed by atoms with E-state index < -0.39 is 5.41 Å². The van der Waals surface area contributed by atoms with E-state index in [1.54, 1.807) is 0 Å². The highest BCUT2D eigenvalue weighted by Gasteiger charge is 2.46. The Hall–Kier alpha value is -9.76. The van der Waals surface area contributed by atoms with E-state index in [0.717, 1.165) is 60.9 Å². The second kappa shape index (κ2) is 17.2. The van der Waals surface area contributed by atoms with Gasteiger partial charge in [-0.15, -0.1) is 0 Å². The lowest BCUT2D eigenvalue weighted by Crippen LogP contribution is -2.28. The standard InChI is InChI=1S/C73H47NO/c1-4-17-48(18-5-1)51-31-33-52(34-32-51)55-38-42-67-65(45-55)62-41-37-56(46-68(62)73(67,57-23-6-2-7-24-57)58-25-8-3-9-26-58)64-47-66-71-69(29-16-30-70(71)75-72(66)63-28-15-14-27-61(63)64)74(59-39-35-49-19-10-12-21-53(49)43-59)60-40-36-50-20-11-13-22-54(50)44-60/h1-47H. The van der Waals surface area contributed by atoms with Gasteiger partial charge >= 0.3 is 0 Å². The molecule has 0 saturated carbocycles. The zero-order valence-corrected chi connectivity index (χ0v) is 41.0. The minimum absolute atomic E-state index is 0.589.